The number of nitrogens with zero attached hydrogens (tertiary/aromatic N) is 2. The standard InChI is InChI=1S/C18H30N4O/c1-22(2)17(14-9-11-16(23-3)12-10-14)13-20-18(19)21-15-7-5-4-6-8-15/h9-12,15,17H,4-8,13H2,1-3H3,(H3,19,20,21). The number of ether oxygens (including phenoxy) is 1. The lowest BCUT2D eigenvalue weighted by Gasteiger charge is -2.25. The van der Waals surface area contributed by atoms with Crippen LogP contribution in [-0.2, 0) is 0 Å². The molecule has 1 saturated carbocycles. The molecule has 0 radical (unpaired) electrons. The Labute approximate surface area is 139 Å². The third-order valence-corrected chi connectivity index (χ3v) is 4.52. The van der Waals surface area contributed by atoms with Crippen LogP contribution in [0.4, 0.5) is 0 Å². The third-order valence-electron chi connectivity index (χ3n) is 4.52. The predicted molar refractivity (Wildman–Crippen MR) is 95.9 cm³/mol. The molecule has 0 saturated heterocycles. The van der Waals surface area contributed by atoms with Crippen LogP contribution in [0.15, 0.2) is 29.3 Å². The first kappa shape index (κ1) is 17.6. The number of hydrogen-bond donors (Lipinski definition) is 2. The van der Waals surface area contributed by atoms with E-state index in [4.69, 9.17) is 10.5 Å². The summed E-state index contributed by atoms with van der Waals surface area (Å²) in [5, 5.41) is 3.37. The number of guanidine groups is 1. The molecular formula is C18H30N4O. The number of nitrogens with two attached hydrogens (primary N) is 1. The minimum Gasteiger partial charge on any atom is -0.497 e. The first-order chi connectivity index (χ1) is 11.1. The van der Waals surface area contributed by atoms with E-state index in [0.717, 1.165) is 5.75 Å². The minimum atomic E-state index is 0.201. The molecule has 2 rings (SSSR count). The molecule has 1 aliphatic carbocycles. The number of rotatable bonds is 6. The van der Waals surface area contributed by atoms with Crippen molar-refractivity contribution in [2.45, 2.75) is 44.2 Å². The zero-order chi connectivity index (χ0) is 16.7. The summed E-state index contributed by atoms with van der Waals surface area (Å²) in [6.45, 7) is 0.644. The Kier molecular flexibility index (Phi) is 6.71. The zero-order valence-corrected chi connectivity index (χ0v) is 14.6. The van der Waals surface area contributed by atoms with Crippen molar-refractivity contribution in [3.05, 3.63) is 29.8 Å². The van der Waals surface area contributed by atoms with Crippen molar-refractivity contribution < 1.29 is 4.74 Å². The van der Waals surface area contributed by atoms with Crippen molar-refractivity contribution in [3.8, 4) is 5.75 Å². The molecule has 0 amide bonds. The van der Waals surface area contributed by atoms with E-state index in [1.807, 2.05) is 12.1 Å². The molecule has 0 spiro atoms. The normalized spacial score (nSPS) is 18.0. The number of likely N-dealkylation sites (N-methyl/N-ethyl adjacent to an activating group) is 1. The lowest BCUT2D eigenvalue weighted by molar-refractivity contribution is 0.306. The summed E-state index contributed by atoms with van der Waals surface area (Å²) < 4.78 is 5.22. The summed E-state index contributed by atoms with van der Waals surface area (Å²) in [6, 6.07) is 8.84. The predicted octanol–water partition coefficient (Wildman–Crippen LogP) is 2.53. The molecule has 3 N–H and O–H groups in total. The lowest BCUT2D eigenvalue weighted by atomic mass is 9.96. The number of benzene rings is 1. The van der Waals surface area contributed by atoms with Crippen LogP contribution in [0.25, 0.3) is 0 Å². The summed E-state index contributed by atoms with van der Waals surface area (Å²) in [6.07, 6.45) is 6.32. The van der Waals surface area contributed by atoms with E-state index < -0.39 is 0 Å². The van der Waals surface area contributed by atoms with Gasteiger partial charge in [-0.2, -0.15) is 0 Å². The Morgan fingerprint density at radius 1 is 1.26 bits per heavy atom. The average molecular weight is 318 g/mol. The fraction of sp³-hybridized carbons (Fsp3) is 0.611. The molecule has 23 heavy (non-hydrogen) atoms. The van der Waals surface area contributed by atoms with Gasteiger partial charge in [-0.15, -0.1) is 0 Å². The molecule has 0 aliphatic heterocycles. The van der Waals surface area contributed by atoms with Crippen LogP contribution in [-0.4, -0.2) is 44.7 Å². The van der Waals surface area contributed by atoms with Crippen LogP contribution in [0.5, 0.6) is 5.75 Å². The van der Waals surface area contributed by atoms with Crippen LogP contribution in [0.2, 0.25) is 0 Å². The van der Waals surface area contributed by atoms with E-state index in [0.29, 0.717) is 18.5 Å². The molecular weight excluding hydrogens is 288 g/mol. The van der Waals surface area contributed by atoms with E-state index in [1.54, 1.807) is 7.11 Å². The highest BCUT2D eigenvalue weighted by molar-refractivity contribution is 5.78. The molecule has 1 atom stereocenters. The van der Waals surface area contributed by atoms with Crippen LogP contribution >= 0.6 is 0 Å². The first-order valence-electron chi connectivity index (χ1n) is 8.47. The molecule has 1 aromatic rings. The Morgan fingerprint density at radius 2 is 1.91 bits per heavy atom. The number of methoxy groups -OCH3 is 1. The van der Waals surface area contributed by atoms with Gasteiger partial charge < -0.3 is 20.7 Å². The Hall–Kier alpha value is -1.75. The molecule has 128 valence electrons. The maximum atomic E-state index is 6.08. The zero-order valence-electron chi connectivity index (χ0n) is 14.6. The first-order valence-corrected chi connectivity index (χ1v) is 8.47. The molecule has 0 bridgehead atoms. The molecule has 1 fully saturated rings. The second-order valence-corrected chi connectivity index (χ2v) is 6.46. The Balaban J connectivity index is 1.96. The van der Waals surface area contributed by atoms with E-state index in [-0.39, 0.29) is 6.04 Å². The fourth-order valence-electron chi connectivity index (χ4n) is 3.08. The van der Waals surface area contributed by atoms with E-state index in [9.17, 15) is 0 Å². The molecule has 0 aromatic heterocycles. The number of hydrogen-bond acceptors (Lipinski definition) is 3. The van der Waals surface area contributed by atoms with Gasteiger partial charge >= 0.3 is 0 Å². The second-order valence-electron chi connectivity index (χ2n) is 6.46. The minimum absolute atomic E-state index is 0.201. The average Bonchev–Trinajstić information content (AvgIpc) is 2.56. The maximum absolute atomic E-state index is 6.08. The van der Waals surface area contributed by atoms with Gasteiger partial charge in [-0.25, -0.2) is 0 Å². The van der Waals surface area contributed by atoms with Gasteiger partial charge in [0.05, 0.1) is 19.7 Å². The van der Waals surface area contributed by atoms with Crippen molar-refractivity contribution >= 4 is 5.96 Å². The summed E-state index contributed by atoms with van der Waals surface area (Å²) in [7, 11) is 5.81. The van der Waals surface area contributed by atoms with Gasteiger partial charge in [-0.1, -0.05) is 31.4 Å². The van der Waals surface area contributed by atoms with Crippen LogP contribution in [0, 0.1) is 0 Å². The van der Waals surface area contributed by atoms with Gasteiger partial charge in [0, 0.05) is 6.04 Å². The molecule has 1 unspecified atom stereocenters. The fourth-order valence-corrected chi connectivity index (χ4v) is 3.08. The summed E-state index contributed by atoms with van der Waals surface area (Å²) in [4.78, 5) is 6.74. The van der Waals surface area contributed by atoms with E-state index in [2.05, 4.69) is 41.4 Å². The molecule has 5 heteroatoms. The van der Waals surface area contributed by atoms with Crippen molar-refractivity contribution in [3.63, 3.8) is 0 Å². The highest BCUT2D eigenvalue weighted by Gasteiger charge is 2.16. The number of nitrogens with one attached hydrogen (secondary N) is 1. The van der Waals surface area contributed by atoms with Gasteiger partial charge in [-0.05, 0) is 44.6 Å². The third kappa shape index (κ3) is 5.43. The largest absolute Gasteiger partial charge is 0.497 e. The van der Waals surface area contributed by atoms with Crippen LogP contribution in [0.3, 0.4) is 0 Å². The van der Waals surface area contributed by atoms with Crippen molar-refractivity contribution in [1.29, 1.82) is 0 Å². The van der Waals surface area contributed by atoms with Gasteiger partial charge in [0.15, 0.2) is 5.96 Å². The Bertz CT molecular complexity index is 492. The molecule has 1 aromatic carbocycles. The SMILES string of the molecule is COc1ccc(C(CN=C(N)NC2CCCCC2)N(C)C)cc1. The maximum Gasteiger partial charge on any atom is 0.188 e. The highest BCUT2D eigenvalue weighted by atomic mass is 16.5. The molecule has 1 aliphatic rings. The summed E-state index contributed by atoms with van der Waals surface area (Å²) in [5.41, 5.74) is 7.29. The van der Waals surface area contributed by atoms with Gasteiger partial charge in [0.1, 0.15) is 5.75 Å². The number of aliphatic imine (C=N–C) groups is 1. The summed E-state index contributed by atoms with van der Waals surface area (Å²) >= 11 is 0. The Morgan fingerprint density at radius 3 is 2.48 bits per heavy atom. The van der Waals surface area contributed by atoms with Crippen LogP contribution < -0.4 is 15.8 Å². The van der Waals surface area contributed by atoms with Crippen molar-refractivity contribution in [2.24, 2.45) is 10.7 Å². The van der Waals surface area contributed by atoms with Gasteiger partial charge in [0.25, 0.3) is 0 Å². The van der Waals surface area contributed by atoms with Crippen molar-refractivity contribution in [1.82, 2.24) is 10.2 Å². The smallest absolute Gasteiger partial charge is 0.188 e. The van der Waals surface area contributed by atoms with Crippen LogP contribution in [0.1, 0.15) is 43.7 Å². The van der Waals surface area contributed by atoms with Gasteiger partial charge in [0.2, 0.25) is 0 Å². The second kappa shape index (κ2) is 8.77. The molecule has 5 nitrogen and oxygen atoms in total. The van der Waals surface area contributed by atoms with Crippen molar-refractivity contribution in [2.75, 3.05) is 27.7 Å². The monoisotopic (exact) mass is 318 g/mol. The van der Waals surface area contributed by atoms with E-state index in [1.165, 1.54) is 37.7 Å². The summed E-state index contributed by atoms with van der Waals surface area (Å²) in [5.74, 6) is 1.44. The quantitative estimate of drug-likeness (QED) is 0.625. The van der Waals surface area contributed by atoms with E-state index >= 15 is 0 Å². The van der Waals surface area contributed by atoms with Gasteiger partial charge in [-0.3, -0.25) is 4.99 Å². The lowest BCUT2D eigenvalue weighted by Crippen LogP contribution is -2.41. The highest BCUT2D eigenvalue weighted by Crippen LogP contribution is 2.22. The molecule has 0 heterocycles. The topological polar surface area (TPSA) is 62.9 Å².